The Hall–Kier alpha value is -3.63. The van der Waals surface area contributed by atoms with Crippen molar-refractivity contribution in [3.8, 4) is 5.75 Å². The lowest BCUT2D eigenvalue weighted by atomic mass is 10.0. The molecule has 2 aliphatic heterocycles. The van der Waals surface area contributed by atoms with Crippen LogP contribution < -0.4 is 15.0 Å². The Morgan fingerprint density at radius 1 is 1.18 bits per heavy atom. The smallest absolute Gasteiger partial charge is 0.410 e. The van der Waals surface area contributed by atoms with E-state index in [-0.39, 0.29) is 23.7 Å². The molecule has 1 N–H and O–H groups in total. The van der Waals surface area contributed by atoms with Crippen LogP contribution in [0.5, 0.6) is 5.75 Å². The third kappa shape index (κ3) is 4.06. The van der Waals surface area contributed by atoms with Crippen molar-refractivity contribution in [1.82, 2.24) is 14.7 Å². The molecule has 0 radical (unpaired) electrons. The van der Waals surface area contributed by atoms with Crippen molar-refractivity contribution in [3.05, 3.63) is 60.2 Å². The van der Waals surface area contributed by atoms with Gasteiger partial charge in [0, 0.05) is 44.4 Å². The molecule has 0 aliphatic carbocycles. The quantitative estimate of drug-likeness (QED) is 0.612. The number of alkyl halides is 3. The second-order valence-corrected chi connectivity index (χ2v) is 8.34. The van der Waals surface area contributed by atoms with E-state index in [1.165, 1.54) is 12.5 Å². The van der Waals surface area contributed by atoms with Gasteiger partial charge in [-0.3, -0.25) is 4.79 Å². The van der Waals surface area contributed by atoms with Crippen molar-refractivity contribution in [3.63, 3.8) is 0 Å². The van der Waals surface area contributed by atoms with E-state index in [0.717, 1.165) is 16.1 Å². The number of carbonyl (C=O) groups excluding carboxylic acids is 1. The van der Waals surface area contributed by atoms with Gasteiger partial charge in [-0.25, -0.2) is 4.68 Å². The van der Waals surface area contributed by atoms with Crippen LogP contribution in [0, 0.1) is 0 Å². The Balaban J connectivity index is 1.35. The highest BCUT2D eigenvalue weighted by Gasteiger charge is 2.48. The van der Waals surface area contributed by atoms with Gasteiger partial charge in [-0.1, -0.05) is 6.07 Å². The molecule has 1 amide bonds. The van der Waals surface area contributed by atoms with Crippen LogP contribution in [-0.2, 0) is 0 Å². The number of nitrogens with zero attached hydrogens (tertiary/aromatic N) is 4. The summed E-state index contributed by atoms with van der Waals surface area (Å²) in [6, 6.07) is 8.35. The topological polar surface area (TPSA) is 75.8 Å². The largest absolute Gasteiger partial charge is 0.497 e. The molecule has 2 aliphatic rings. The molecule has 1 fully saturated rings. The second-order valence-electron chi connectivity index (χ2n) is 8.34. The molecule has 0 saturated carbocycles. The van der Waals surface area contributed by atoms with Gasteiger partial charge >= 0.3 is 6.18 Å². The predicted octanol–water partition coefficient (Wildman–Crippen LogP) is 4.11. The highest BCUT2D eigenvalue weighted by Crippen LogP contribution is 2.44. The number of amides is 1. The minimum Gasteiger partial charge on any atom is -0.497 e. The van der Waals surface area contributed by atoms with E-state index in [9.17, 15) is 18.0 Å². The Morgan fingerprint density at radius 3 is 2.65 bits per heavy atom. The van der Waals surface area contributed by atoms with Crippen molar-refractivity contribution in [2.75, 3.05) is 43.5 Å². The summed E-state index contributed by atoms with van der Waals surface area (Å²) >= 11 is 0. The standard InChI is InChI=1S/C23H24F3N5O3/c1-33-16-5-2-4-15(12-16)29-7-9-30(10-8-29)22(32)17-14-27-31-20(23(24,25)26)13-18(28-21(17)31)19-6-3-11-34-19/h2-6,11-12,14,18,20,28H,7-10,13H2,1H3/t18-,20-/m0/s1. The molecular weight excluding hydrogens is 451 g/mol. The lowest BCUT2D eigenvalue weighted by Gasteiger charge is -2.37. The van der Waals surface area contributed by atoms with E-state index in [1.807, 2.05) is 24.3 Å². The Kier molecular flexibility index (Phi) is 5.62. The maximum atomic E-state index is 13.8. The van der Waals surface area contributed by atoms with E-state index in [4.69, 9.17) is 9.15 Å². The lowest BCUT2D eigenvalue weighted by Crippen LogP contribution is -2.49. The molecule has 0 unspecified atom stereocenters. The Labute approximate surface area is 193 Å². The number of furan rings is 1. The molecule has 0 bridgehead atoms. The third-order valence-corrected chi connectivity index (χ3v) is 6.34. The number of fused-ring (bicyclic) bond motifs is 1. The molecule has 4 heterocycles. The second kappa shape index (κ2) is 8.62. The normalized spacial score (nSPS) is 20.6. The number of halogens is 3. The highest BCUT2D eigenvalue weighted by atomic mass is 19.4. The van der Waals surface area contributed by atoms with Crippen LogP contribution in [0.25, 0.3) is 0 Å². The van der Waals surface area contributed by atoms with Crippen LogP contribution in [0.2, 0.25) is 0 Å². The Bertz CT molecular complexity index is 1150. The number of carbonyl (C=O) groups is 1. The van der Waals surface area contributed by atoms with Crippen molar-refractivity contribution in [1.29, 1.82) is 0 Å². The van der Waals surface area contributed by atoms with Gasteiger partial charge in [0.15, 0.2) is 6.04 Å². The molecule has 1 saturated heterocycles. The molecule has 11 heteroatoms. The first-order valence-corrected chi connectivity index (χ1v) is 11.0. The summed E-state index contributed by atoms with van der Waals surface area (Å²) in [6.07, 6.45) is -2.16. The maximum Gasteiger partial charge on any atom is 0.410 e. The van der Waals surface area contributed by atoms with Crippen molar-refractivity contribution < 1.29 is 27.1 Å². The van der Waals surface area contributed by atoms with Crippen LogP contribution in [0.4, 0.5) is 24.7 Å². The molecule has 3 aromatic rings. The zero-order valence-electron chi connectivity index (χ0n) is 18.5. The molecular formula is C23H24F3N5O3. The first kappa shape index (κ1) is 22.2. The van der Waals surface area contributed by atoms with E-state index in [1.54, 1.807) is 24.1 Å². The van der Waals surface area contributed by atoms with E-state index in [0.29, 0.717) is 31.9 Å². The van der Waals surface area contributed by atoms with Crippen LogP contribution >= 0.6 is 0 Å². The number of hydrogen-bond donors (Lipinski definition) is 1. The summed E-state index contributed by atoms with van der Waals surface area (Å²) < 4.78 is 53.0. The number of benzene rings is 1. The number of hydrogen-bond acceptors (Lipinski definition) is 6. The Morgan fingerprint density at radius 2 is 1.97 bits per heavy atom. The lowest BCUT2D eigenvalue weighted by molar-refractivity contribution is -0.174. The average molecular weight is 475 g/mol. The van der Waals surface area contributed by atoms with Crippen LogP contribution in [0.3, 0.4) is 0 Å². The van der Waals surface area contributed by atoms with Gasteiger partial charge in [-0.2, -0.15) is 18.3 Å². The maximum absolute atomic E-state index is 13.8. The number of ether oxygens (including phenoxy) is 1. The van der Waals surface area contributed by atoms with Crippen LogP contribution in [0.1, 0.15) is 34.6 Å². The van der Waals surface area contributed by atoms with Gasteiger partial charge in [0.25, 0.3) is 5.91 Å². The summed E-state index contributed by atoms with van der Waals surface area (Å²) in [5, 5.41) is 7.00. The minimum absolute atomic E-state index is 0.0650. The first-order valence-electron chi connectivity index (χ1n) is 11.0. The fourth-order valence-electron chi connectivity index (χ4n) is 4.54. The number of piperazine rings is 1. The van der Waals surface area contributed by atoms with Crippen LogP contribution in [0.15, 0.2) is 53.3 Å². The SMILES string of the molecule is COc1cccc(N2CCN(C(=O)c3cnn4c3N[C@H](c3ccco3)C[C@H]4C(F)(F)F)CC2)c1. The van der Waals surface area contributed by atoms with Crippen LogP contribution in [-0.4, -0.2) is 60.1 Å². The van der Waals surface area contributed by atoms with Gasteiger partial charge < -0.3 is 24.3 Å². The molecule has 34 heavy (non-hydrogen) atoms. The fourth-order valence-corrected chi connectivity index (χ4v) is 4.54. The number of methoxy groups -OCH3 is 1. The van der Waals surface area contributed by atoms with Gasteiger partial charge in [0.2, 0.25) is 0 Å². The number of aromatic nitrogens is 2. The first-order chi connectivity index (χ1) is 16.3. The fraction of sp³-hybridized carbons (Fsp3) is 0.391. The van der Waals surface area contributed by atoms with E-state index in [2.05, 4.69) is 15.3 Å². The summed E-state index contributed by atoms with van der Waals surface area (Å²) in [5.74, 6) is 0.848. The number of nitrogens with one attached hydrogen (secondary N) is 1. The van der Waals surface area contributed by atoms with Gasteiger partial charge in [-0.15, -0.1) is 0 Å². The molecule has 180 valence electrons. The average Bonchev–Trinajstić information content (AvgIpc) is 3.53. The molecule has 2 aromatic heterocycles. The zero-order valence-corrected chi connectivity index (χ0v) is 18.5. The van der Waals surface area contributed by atoms with Gasteiger partial charge in [0.1, 0.15) is 22.9 Å². The molecule has 1 aromatic carbocycles. The summed E-state index contributed by atoms with van der Waals surface area (Å²) in [5.41, 5.74) is 1.12. The van der Waals surface area contributed by atoms with Gasteiger partial charge in [0.05, 0.1) is 25.6 Å². The summed E-state index contributed by atoms with van der Waals surface area (Å²) in [6.45, 7) is 2.06. The molecule has 0 spiro atoms. The molecule has 8 nitrogen and oxygen atoms in total. The van der Waals surface area contributed by atoms with Crippen molar-refractivity contribution >= 4 is 17.4 Å². The monoisotopic (exact) mass is 475 g/mol. The van der Waals surface area contributed by atoms with Gasteiger partial charge in [-0.05, 0) is 24.3 Å². The van der Waals surface area contributed by atoms with E-state index < -0.39 is 18.3 Å². The predicted molar refractivity (Wildman–Crippen MR) is 118 cm³/mol. The summed E-state index contributed by atoms with van der Waals surface area (Å²) in [7, 11) is 1.61. The minimum atomic E-state index is -4.52. The molecule has 5 rings (SSSR count). The van der Waals surface area contributed by atoms with E-state index >= 15 is 0 Å². The highest BCUT2D eigenvalue weighted by molar-refractivity contribution is 5.99. The summed E-state index contributed by atoms with van der Waals surface area (Å²) in [4.78, 5) is 17.1. The zero-order chi connectivity index (χ0) is 23.9. The number of anilines is 2. The van der Waals surface area contributed by atoms with Crippen molar-refractivity contribution in [2.24, 2.45) is 0 Å². The third-order valence-electron chi connectivity index (χ3n) is 6.34. The molecule has 2 atom stereocenters. The van der Waals surface area contributed by atoms with Crippen molar-refractivity contribution in [2.45, 2.75) is 24.7 Å². The number of rotatable bonds is 4.